The van der Waals surface area contributed by atoms with E-state index < -0.39 is 0 Å². The molecule has 141 valence electrons. The molecule has 2 heteroatoms. The normalized spacial score (nSPS) is 10.3. The van der Waals surface area contributed by atoms with Crippen LogP contribution in [-0.4, -0.2) is 14.1 Å². The molecule has 0 fully saturated rings. The molecular weight excluding hydrogens is 427 g/mol. The maximum absolute atomic E-state index is 2.29. The van der Waals surface area contributed by atoms with Crippen molar-refractivity contribution in [3.05, 3.63) is 103 Å². The molecule has 0 unspecified atom stereocenters. The summed E-state index contributed by atoms with van der Waals surface area (Å²) >= 11 is 0. The van der Waals surface area contributed by atoms with Gasteiger partial charge in [-0.05, 0) is 70.6 Å². The van der Waals surface area contributed by atoms with Crippen LogP contribution in [0.1, 0.15) is 5.56 Å². The van der Waals surface area contributed by atoms with E-state index in [2.05, 4.69) is 123 Å². The minimum atomic E-state index is 0. The van der Waals surface area contributed by atoms with Crippen molar-refractivity contribution < 1.29 is 32.7 Å². The van der Waals surface area contributed by atoms with E-state index in [-0.39, 0.29) is 32.7 Å². The fraction of sp³-hybridized carbons (Fsp3) is 0.111. The van der Waals surface area contributed by atoms with Gasteiger partial charge in [0.25, 0.3) is 0 Å². The molecule has 4 aromatic rings. The average Bonchev–Trinajstić information content (AvgIpc) is 2.74. The first-order valence-corrected chi connectivity index (χ1v) is 9.65. The van der Waals surface area contributed by atoms with Crippen LogP contribution in [0.3, 0.4) is 0 Å². The van der Waals surface area contributed by atoms with Gasteiger partial charge in [0.1, 0.15) is 0 Å². The Balaban J connectivity index is 0.00000240. The summed E-state index contributed by atoms with van der Waals surface area (Å²) in [4.78, 5) is 2.13. The Morgan fingerprint density at radius 1 is 0.483 bits per heavy atom. The third kappa shape index (κ3) is 5.04. The molecule has 0 amide bonds. The summed E-state index contributed by atoms with van der Waals surface area (Å²) in [5, 5.41) is 0. The first kappa shape index (κ1) is 21.5. The Hall–Kier alpha value is -2.22. The summed E-state index contributed by atoms with van der Waals surface area (Å²) in [6.07, 6.45) is 0. The van der Waals surface area contributed by atoms with Crippen LogP contribution >= 0.6 is 0 Å². The number of hydrogen-bond acceptors (Lipinski definition) is 1. The Kier molecular flexibility index (Phi) is 7.06. The average molecular weight is 452 g/mol. The number of rotatable bonds is 4. The maximum Gasteiger partial charge on any atom is 0.0361 e. The van der Waals surface area contributed by atoms with Gasteiger partial charge in [-0.25, -0.2) is 0 Å². The van der Waals surface area contributed by atoms with Crippen LogP contribution in [0.5, 0.6) is 0 Å². The Labute approximate surface area is 199 Å². The van der Waals surface area contributed by atoms with E-state index in [1.54, 1.807) is 0 Å². The first-order valence-electron chi connectivity index (χ1n) is 9.65. The SMILES string of the molecule is Cc1ccc(-c2cc(-c3ccccc3)cc(-c3ccc(N(C)C)cc3)c2)cc1.[Y]. The van der Waals surface area contributed by atoms with E-state index in [1.165, 1.54) is 44.6 Å². The van der Waals surface area contributed by atoms with Gasteiger partial charge in [-0.1, -0.05) is 72.3 Å². The van der Waals surface area contributed by atoms with E-state index >= 15 is 0 Å². The van der Waals surface area contributed by atoms with Gasteiger partial charge in [-0.2, -0.15) is 0 Å². The molecule has 4 rings (SSSR count). The van der Waals surface area contributed by atoms with Gasteiger partial charge in [-0.3, -0.25) is 0 Å². The monoisotopic (exact) mass is 452 g/mol. The topological polar surface area (TPSA) is 3.24 Å². The molecular formula is C27H25NY. The number of anilines is 1. The zero-order valence-electron chi connectivity index (χ0n) is 17.3. The second kappa shape index (κ2) is 9.52. The number of nitrogens with zero attached hydrogens (tertiary/aromatic N) is 1. The summed E-state index contributed by atoms with van der Waals surface area (Å²) in [6.45, 7) is 2.13. The van der Waals surface area contributed by atoms with Crippen molar-refractivity contribution in [3.8, 4) is 33.4 Å². The minimum absolute atomic E-state index is 0. The fourth-order valence-corrected chi connectivity index (χ4v) is 3.46. The third-order valence-electron chi connectivity index (χ3n) is 5.14. The fourth-order valence-electron chi connectivity index (χ4n) is 3.46. The molecule has 0 aliphatic carbocycles. The molecule has 0 spiro atoms. The smallest absolute Gasteiger partial charge is 0.0361 e. The molecule has 0 heterocycles. The van der Waals surface area contributed by atoms with E-state index in [9.17, 15) is 0 Å². The minimum Gasteiger partial charge on any atom is -0.378 e. The summed E-state index contributed by atoms with van der Waals surface area (Å²) in [5.74, 6) is 0. The zero-order chi connectivity index (χ0) is 19.5. The van der Waals surface area contributed by atoms with E-state index in [1.807, 2.05) is 0 Å². The standard InChI is InChI=1S/C27H25N.Y/c1-20-9-11-22(12-10-20)25-17-24(21-7-5-4-6-8-21)18-26(19-25)23-13-15-27(16-14-23)28(2)3;/h4-19H,1-3H3;. The molecule has 0 saturated heterocycles. The second-order valence-electron chi connectivity index (χ2n) is 7.47. The van der Waals surface area contributed by atoms with Gasteiger partial charge in [0.2, 0.25) is 0 Å². The predicted molar refractivity (Wildman–Crippen MR) is 122 cm³/mol. The number of hydrogen-bond donors (Lipinski definition) is 0. The van der Waals surface area contributed by atoms with Crippen molar-refractivity contribution in [1.29, 1.82) is 0 Å². The second-order valence-corrected chi connectivity index (χ2v) is 7.47. The van der Waals surface area contributed by atoms with Crippen LogP contribution in [0.4, 0.5) is 5.69 Å². The van der Waals surface area contributed by atoms with Gasteiger partial charge in [0.05, 0.1) is 0 Å². The summed E-state index contributed by atoms with van der Waals surface area (Å²) in [6, 6.07) is 35.0. The molecule has 0 aromatic heterocycles. The van der Waals surface area contributed by atoms with Crippen molar-refractivity contribution in [1.82, 2.24) is 0 Å². The van der Waals surface area contributed by atoms with Crippen molar-refractivity contribution in [3.63, 3.8) is 0 Å². The molecule has 0 aliphatic rings. The molecule has 4 aromatic carbocycles. The van der Waals surface area contributed by atoms with Crippen LogP contribution in [0, 0.1) is 6.92 Å². The van der Waals surface area contributed by atoms with Gasteiger partial charge in [0.15, 0.2) is 0 Å². The molecule has 0 saturated carbocycles. The van der Waals surface area contributed by atoms with Gasteiger partial charge in [-0.15, -0.1) is 0 Å². The Morgan fingerprint density at radius 2 is 0.897 bits per heavy atom. The van der Waals surface area contributed by atoms with Gasteiger partial charge < -0.3 is 4.90 Å². The summed E-state index contributed by atoms with van der Waals surface area (Å²) in [5.41, 5.74) is 9.93. The molecule has 0 aliphatic heterocycles. The van der Waals surface area contributed by atoms with Crippen LogP contribution in [0.2, 0.25) is 0 Å². The summed E-state index contributed by atoms with van der Waals surface area (Å²) in [7, 11) is 4.14. The van der Waals surface area contributed by atoms with Crippen LogP contribution in [0.15, 0.2) is 97.1 Å². The predicted octanol–water partition coefficient (Wildman–Crippen LogP) is 7.06. The van der Waals surface area contributed by atoms with E-state index in [4.69, 9.17) is 0 Å². The van der Waals surface area contributed by atoms with Crippen molar-refractivity contribution in [2.45, 2.75) is 6.92 Å². The van der Waals surface area contributed by atoms with Crippen LogP contribution in [-0.2, 0) is 32.7 Å². The third-order valence-corrected chi connectivity index (χ3v) is 5.14. The molecule has 0 N–H and O–H groups in total. The van der Waals surface area contributed by atoms with Gasteiger partial charge >= 0.3 is 0 Å². The van der Waals surface area contributed by atoms with Gasteiger partial charge in [0, 0.05) is 52.5 Å². The van der Waals surface area contributed by atoms with Crippen molar-refractivity contribution in [2.75, 3.05) is 19.0 Å². The largest absolute Gasteiger partial charge is 0.378 e. The quantitative estimate of drug-likeness (QED) is 0.320. The van der Waals surface area contributed by atoms with Crippen molar-refractivity contribution in [2.24, 2.45) is 0 Å². The molecule has 0 atom stereocenters. The Bertz CT molecular complexity index is 1070. The molecule has 1 radical (unpaired) electrons. The van der Waals surface area contributed by atoms with E-state index in [0.29, 0.717) is 0 Å². The van der Waals surface area contributed by atoms with E-state index in [0.717, 1.165) is 0 Å². The zero-order valence-corrected chi connectivity index (χ0v) is 20.1. The molecule has 29 heavy (non-hydrogen) atoms. The van der Waals surface area contributed by atoms with Crippen LogP contribution < -0.4 is 4.90 Å². The summed E-state index contributed by atoms with van der Waals surface area (Å²) < 4.78 is 0. The molecule has 0 bridgehead atoms. The van der Waals surface area contributed by atoms with Crippen molar-refractivity contribution >= 4 is 5.69 Å². The Morgan fingerprint density at radius 3 is 1.34 bits per heavy atom. The van der Waals surface area contributed by atoms with Crippen LogP contribution in [0.25, 0.3) is 33.4 Å². The first-order chi connectivity index (χ1) is 13.6. The number of benzene rings is 4. The maximum atomic E-state index is 2.29. The molecule has 1 nitrogen and oxygen atoms in total. The number of aryl methyl sites for hydroxylation is 1.